The summed E-state index contributed by atoms with van der Waals surface area (Å²) in [5.74, 6) is 0.0620. The van der Waals surface area contributed by atoms with Crippen molar-refractivity contribution in [3.8, 4) is 0 Å². The number of ether oxygens (including phenoxy) is 1. The van der Waals surface area contributed by atoms with Gasteiger partial charge in [-0.1, -0.05) is 25.1 Å². The summed E-state index contributed by atoms with van der Waals surface area (Å²) in [4.78, 5) is 15.7. The molecule has 2 aromatic rings. The number of rotatable bonds is 4. The Morgan fingerprint density at radius 1 is 1.33 bits per heavy atom. The van der Waals surface area contributed by atoms with E-state index in [1.807, 2.05) is 0 Å². The molecule has 0 amide bonds. The van der Waals surface area contributed by atoms with Crippen LogP contribution >= 0.6 is 11.6 Å². The number of carbonyl (C=O) groups excluding carboxylic acids is 1. The Hall–Kier alpha value is -1.78. The van der Waals surface area contributed by atoms with Crippen LogP contribution in [-0.2, 0) is 16.0 Å². The number of esters is 1. The number of para-hydroxylation sites is 1. The van der Waals surface area contributed by atoms with Gasteiger partial charge in [-0.2, -0.15) is 0 Å². The molecule has 0 aliphatic carbocycles. The summed E-state index contributed by atoms with van der Waals surface area (Å²) in [5, 5.41) is 1.28. The molecule has 5 heteroatoms. The number of benzene rings is 1. The number of hydrogen-bond donors (Lipinski definition) is 0. The molecule has 0 saturated carbocycles. The first kappa shape index (κ1) is 17.3. The van der Waals surface area contributed by atoms with Gasteiger partial charge >= 0.3 is 5.97 Å². The zero-order valence-corrected chi connectivity index (χ0v) is 16.5. The maximum Gasteiger partial charge on any atom is 0.355 e. The van der Waals surface area contributed by atoms with Crippen LogP contribution < -0.4 is 0 Å². The standard InChI is InChI=1S/C22H25ClN2O2/c1-2-22-9-5-11-24-12-8-16-15-6-3-4-7-17(15)25(19(16)20(22)24)18(14-22)21(26)27-13-10-23/h3-4,6-7,14,20H,2,5,8-13H2,1H3/t20-,22+/m1/s1. The van der Waals surface area contributed by atoms with Crippen molar-refractivity contribution in [1.29, 1.82) is 0 Å². The molecule has 1 aromatic heterocycles. The topological polar surface area (TPSA) is 34.5 Å². The van der Waals surface area contributed by atoms with Crippen LogP contribution in [0.2, 0.25) is 0 Å². The van der Waals surface area contributed by atoms with Crippen molar-refractivity contribution >= 4 is 34.2 Å². The minimum atomic E-state index is -0.256. The third-order valence-electron chi connectivity index (χ3n) is 6.77. The molecule has 0 bridgehead atoms. The number of aromatic nitrogens is 1. The Labute approximate surface area is 164 Å². The van der Waals surface area contributed by atoms with Gasteiger partial charge in [0.15, 0.2) is 0 Å². The fourth-order valence-electron chi connectivity index (χ4n) is 5.63. The van der Waals surface area contributed by atoms with Gasteiger partial charge in [-0.25, -0.2) is 4.79 Å². The fourth-order valence-corrected chi connectivity index (χ4v) is 5.71. The van der Waals surface area contributed by atoms with Gasteiger partial charge in [0, 0.05) is 23.0 Å². The van der Waals surface area contributed by atoms with Crippen molar-refractivity contribution in [2.75, 3.05) is 25.6 Å². The van der Waals surface area contributed by atoms with E-state index in [4.69, 9.17) is 16.3 Å². The molecule has 5 rings (SSSR count). The number of fused-ring (bicyclic) bond motifs is 3. The largest absolute Gasteiger partial charge is 0.460 e. The normalized spacial score (nSPS) is 26.6. The fraction of sp³-hybridized carbons (Fsp3) is 0.500. The quantitative estimate of drug-likeness (QED) is 0.580. The summed E-state index contributed by atoms with van der Waals surface area (Å²) < 4.78 is 7.68. The second-order valence-electron chi connectivity index (χ2n) is 7.95. The number of nitrogens with zero attached hydrogens (tertiary/aromatic N) is 2. The molecule has 27 heavy (non-hydrogen) atoms. The summed E-state index contributed by atoms with van der Waals surface area (Å²) in [6, 6.07) is 8.84. The van der Waals surface area contributed by atoms with Crippen LogP contribution in [0.25, 0.3) is 16.6 Å². The lowest BCUT2D eigenvalue weighted by molar-refractivity contribution is -0.136. The van der Waals surface area contributed by atoms with Crippen LogP contribution in [0.4, 0.5) is 0 Å². The van der Waals surface area contributed by atoms with Crippen molar-refractivity contribution in [3.63, 3.8) is 0 Å². The average molecular weight is 385 g/mol. The highest BCUT2D eigenvalue weighted by Gasteiger charge is 2.51. The van der Waals surface area contributed by atoms with E-state index in [0.717, 1.165) is 37.9 Å². The Bertz CT molecular complexity index is 947. The molecule has 0 spiro atoms. The lowest BCUT2D eigenvalue weighted by atomic mass is 9.66. The first-order valence-electron chi connectivity index (χ1n) is 10.0. The molecule has 4 nitrogen and oxygen atoms in total. The highest BCUT2D eigenvalue weighted by Crippen LogP contribution is 2.57. The Kier molecular flexibility index (Phi) is 4.10. The van der Waals surface area contributed by atoms with Crippen molar-refractivity contribution in [2.24, 2.45) is 5.41 Å². The minimum absolute atomic E-state index is 0.00706. The number of piperidine rings is 1. The molecular formula is C22H25ClN2O2. The second-order valence-corrected chi connectivity index (χ2v) is 8.33. The lowest BCUT2D eigenvalue weighted by Crippen LogP contribution is -2.51. The van der Waals surface area contributed by atoms with Crippen molar-refractivity contribution in [3.05, 3.63) is 41.6 Å². The van der Waals surface area contributed by atoms with Gasteiger partial charge in [0.05, 0.1) is 17.4 Å². The molecule has 1 saturated heterocycles. The van der Waals surface area contributed by atoms with Crippen LogP contribution in [0.3, 0.4) is 0 Å². The van der Waals surface area contributed by atoms with Crippen LogP contribution in [-0.4, -0.2) is 41.0 Å². The molecule has 142 valence electrons. The van der Waals surface area contributed by atoms with Gasteiger partial charge in [0.2, 0.25) is 0 Å². The van der Waals surface area contributed by atoms with Crippen molar-refractivity contribution < 1.29 is 9.53 Å². The van der Waals surface area contributed by atoms with Crippen molar-refractivity contribution in [2.45, 2.75) is 38.6 Å². The van der Waals surface area contributed by atoms with Crippen molar-refractivity contribution in [1.82, 2.24) is 9.47 Å². The van der Waals surface area contributed by atoms with Crippen LogP contribution in [0.15, 0.2) is 30.3 Å². The molecule has 0 radical (unpaired) electrons. The Balaban J connectivity index is 1.79. The smallest absolute Gasteiger partial charge is 0.355 e. The van der Waals surface area contributed by atoms with E-state index < -0.39 is 0 Å². The van der Waals surface area contributed by atoms with E-state index in [9.17, 15) is 4.79 Å². The lowest BCUT2D eigenvalue weighted by Gasteiger charge is -2.53. The zero-order valence-electron chi connectivity index (χ0n) is 15.7. The molecule has 3 aliphatic heterocycles. The van der Waals surface area contributed by atoms with Gasteiger partial charge in [-0.15, -0.1) is 11.6 Å². The van der Waals surface area contributed by atoms with Gasteiger partial charge < -0.3 is 9.30 Å². The van der Waals surface area contributed by atoms with Gasteiger partial charge in [-0.3, -0.25) is 4.90 Å². The van der Waals surface area contributed by atoms with Gasteiger partial charge in [0.25, 0.3) is 0 Å². The average Bonchev–Trinajstić information content (AvgIpc) is 3.05. The second kappa shape index (κ2) is 6.39. The van der Waals surface area contributed by atoms with E-state index in [1.54, 1.807) is 0 Å². The van der Waals surface area contributed by atoms with Gasteiger partial charge in [0.1, 0.15) is 12.3 Å². The maximum atomic E-state index is 13.0. The minimum Gasteiger partial charge on any atom is -0.460 e. The van der Waals surface area contributed by atoms with Gasteiger partial charge in [-0.05, 0) is 49.9 Å². The highest BCUT2D eigenvalue weighted by atomic mass is 35.5. The third kappa shape index (κ3) is 2.36. The predicted molar refractivity (Wildman–Crippen MR) is 108 cm³/mol. The molecule has 0 N–H and O–H groups in total. The molecule has 1 fully saturated rings. The number of hydrogen-bond acceptors (Lipinski definition) is 3. The monoisotopic (exact) mass is 384 g/mol. The number of alkyl halides is 1. The summed E-state index contributed by atoms with van der Waals surface area (Å²) in [6.45, 7) is 4.75. The zero-order chi connectivity index (χ0) is 18.6. The Morgan fingerprint density at radius 2 is 2.19 bits per heavy atom. The molecule has 2 atom stereocenters. The van der Waals surface area contributed by atoms with E-state index in [-0.39, 0.29) is 18.0 Å². The van der Waals surface area contributed by atoms with E-state index in [2.05, 4.69) is 46.7 Å². The summed E-state index contributed by atoms with van der Waals surface area (Å²) in [6.07, 6.45) is 6.61. The van der Waals surface area contributed by atoms with Crippen LogP contribution in [0.1, 0.15) is 43.5 Å². The molecule has 0 unspecified atom stereocenters. The molecular weight excluding hydrogens is 360 g/mol. The summed E-state index contributed by atoms with van der Waals surface area (Å²) >= 11 is 5.77. The van der Waals surface area contributed by atoms with Crippen LogP contribution in [0.5, 0.6) is 0 Å². The third-order valence-corrected chi connectivity index (χ3v) is 6.92. The molecule has 3 aliphatic rings. The first-order valence-corrected chi connectivity index (χ1v) is 10.6. The summed E-state index contributed by atoms with van der Waals surface area (Å²) in [7, 11) is 0. The Morgan fingerprint density at radius 3 is 3.00 bits per heavy atom. The van der Waals surface area contributed by atoms with E-state index in [1.165, 1.54) is 23.1 Å². The predicted octanol–water partition coefficient (Wildman–Crippen LogP) is 4.37. The maximum absolute atomic E-state index is 13.0. The number of halogens is 1. The van der Waals surface area contributed by atoms with E-state index >= 15 is 0 Å². The van der Waals surface area contributed by atoms with E-state index in [0.29, 0.717) is 17.6 Å². The molecule has 4 heterocycles. The highest BCUT2D eigenvalue weighted by molar-refractivity contribution is 6.18. The molecule has 1 aromatic carbocycles. The number of carbonyl (C=O) groups is 1. The first-order chi connectivity index (χ1) is 13.2. The van der Waals surface area contributed by atoms with Crippen LogP contribution in [0, 0.1) is 5.41 Å². The summed E-state index contributed by atoms with van der Waals surface area (Å²) in [5.41, 5.74) is 4.55. The SMILES string of the molecule is CC[C@@]12C=C(C(=O)OCCCl)n3c4c(c5ccccc53)CCN(CCC1)[C@H]42.